The lowest BCUT2D eigenvalue weighted by Gasteiger charge is -2.21. The highest BCUT2D eigenvalue weighted by molar-refractivity contribution is 8.00. The number of nitrogens with one attached hydrogen (secondary N) is 2. The summed E-state index contributed by atoms with van der Waals surface area (Å²) in [6.07, 6.45) is 0. The lowest BCUT2D eigenvalue weighted by Crippen LogP contribution is -2.49. The molecule has 0 unspecified atom stereocenters. The van der Waals surface area contributed by atoms with Crippen LogP contribution in [0, 0.1) is 0 Å². The lowest BCUT2D eigenvalue weighted by atomic mass is 10.1. The molecule has 7 nitrogen and oxygen atoms in total. The van der Waals surface area contributed by atoms with Crippen LogP contribution < -0.4 is 16.2 Å². The van der Waals surface area contributed by atoms with E-state index in [1.54, 1.807) is 29.7 Å². The number of thioether (sulfide) groups is 1. The predicted octanol–water partition coefficient (Wildman–Crippen LogP) is 3.74. The van der Waals surface area contributed by atoms with E-state index in [4.69, 9.17) is 11.6 Å². The van der Waals surface area contributed by atoms with Crippen molar-refractivity contribution in [1.82, 2.24) is 20.2 Å². The minimum absolute atomic E-state index is 0.151. The fourth-order valence-corrected chi connectivity index (χ4v) is 3.69. The number of benzene rings is 1. The molecule has 1 heterocycles. The van der Waals surface area contributed by atoms with Crippen molar-refractivity contribution >= 4 is 46.2 Å². The van der Waals surface area contributed by atoms with Crippen LogP contribution >= 0.6 is 23.4 Å². The van der Waals surface area contributed by atoms with Crippen LogP contribution in [0.1, 0.15) is 47.6 Å². The van der Waals surface area contributed by atoms with Crippen molar-refractivity contribution in [3.63, 3.8) is 0 Å². The minimum atomic E-state index is -0.640. The van der Waals surface area contributed by atoms with Gasteiger partial charge in [-0.05, 0) is 59.7 Å². The van der Waals surface area contributed by atoms with Gasteiger partial charge in [-0.25, -0.2) is 9.78 Å². The monoisotopic (exact) mass is 424 g/mol. The smallest absolute Gasteiger partial charge is 0.321 e. The molecule has 152 valence electrons. The number of fused-ring (bicyclic) bond motifs is 1. The molecule has 28 heavy (non-hydrogen) atoms. The molecule has 1 atom stereocenters. The Morgan fingerprint density at radius 2 is 1.86 bits per heavy atom. The Hall–Kier alpha value is -2.06. The molecular formula is C19H25ClN4O3S. The first-order valence-corrected chi connectivity index (χ1v) is 10.2. The van der Waals surface area contributed by atoms with Crippen LogP contribution in [0.15, 0.2) is 28.2 Å². The van der Waals surface area contributed by atoms with E-state index in [1.165, 1.54) is 0 Å². The first-order chi connectivity index (χ1) is 12.9. The summed E-state index contributed by atoms with van der Waals surface area (Å²) in [5.41, 5.74) is -0.190. The number of urea groups is 1. The van der Waals surface area contributed by atoms with Crippen molar-refractivity contribution < 1.29 is 9.59 Å². The van der Waals surface area contributed by atoms with Crippen LogP contribution in [-0.2, 0) is 4.79 Å². The molecule has 0 aliphatic rings. The van der Waals surface area contributed by atoms with Crippen molar-refractivity contribution in [2.24, 2.45) is 0 Å². The molecule has 9 heteroatoms. The Balaban J connectivity index is 2.31. The third-order valence-electron chi connectivity index (χ3n) is 3.72. The van der Waals surface area contributed by atoms with Gasteiger partial charge in [0.05, 0.1) is 16.2 Å². The van der Waals surface area contributed by atoms with Gasteiger partial charge in [0, 0.05) is 16.6 Å². The summed E-state index contributed by atoms with van der Waals surface area (Å²) in [7, 11) is 0. The minimum Gasteiger partial charge on any atom is -0.333 e. The number of nitrogens with zero attached hydrogens (tertiary/aromatic N) is 2. The summed E-state index contributed by atoms with van der Waals surface area (Å²) in [6, 6.07) is 4.20. The predicted molar refractivity (Wildman–Crippen MR) is 113 cm³/mol. The average molecular weight is 425 g/mol. The van der Waals surface area contributed by atoms with Crippen LogP contribution in [0.5, 0.6) is 0 Å². The number of imide groups is 1. The van der Waals surface area contributed by atoms with Crippen LogP contribution in [0.4, 0.5) is 4.79 Å². The van der Waals surface area contributed by atoms with Crippen molar-refractivity contribution in [1.29, 1.82) is 0 Å². The summed E-state index contributed by atoms with van der Waals surface area (Å²) in [6.45, 7) is 10.9. The Labute approximate surface area is 173 Å². The number of hydrogen-bond donors (Lipinski definition) is 2. The highest BCUT2D eigenvalue weighted by Gasteiger charge is 2.23. The molecule has 0 spiro atoms. The molecule has 0 saturated heterocycles. The van der Waals surface area contributed by atoms with Gasteiger partial charge in [-0.1, -0.05) is 23.4 Å². The summed E-state index contributed by atoms with van der Waals surface area (Å²) >= 11 is 7.15. The zero-order valence-electron chi connectivity index (χ0n) is 16.8. The topological polar surface area (TPSA) is 93.1 Å². The van der Waals surface area contributed by atoms with Gasteiger partial charge in [0.2, 0.25) is 5.91 Å². The van der Waals surface area contributed by atoms with Crippen LogP contribution in [0.2, 0.25) is 5.02 Å². The standard InChI is InChI=1S/C19H25ClN4O3S/c1-10(2)24-16(26)13-8-7-12(20)9-14(13)21-18(24)28-11(3)15(25)22-17(27)23-19(4,5)6/h7-11H,1-6H3,(H2,22,23,25,27)/t11-/m1/s1. The van der Waals surface area contributed by atoms with Crippen LogP contribution in [-0.4, -0.2) is 32.3 Å². The number of halogens is 1. The lowest BCUT2D eigenvalue weighted by molar-refractivity contribution is -0.119. The number of carbonyl (C=O) groups excluding carboxylic acids is 2. The maximum absolute atomic E-state index is 12.9. The second-order valence-corrected chi connectivity index (χ2v) is 9.52. The molecule has 0 saturated carbocycles. The van der Waals surface area contributed by atoms with Gasteiger partial charge in [-0.2, -0.15) is 0 Å². The van der Waals surface area contributed by atoms with Gasteiger partial charge < -0.3 is 5.32 Å². The van der Waals surface area contributed by atoms with E-state index in [0.717, 1.165) is 11.8 Å². The molecule has 2 aromatic rings. The van der Waals surface area contributed by atoms with Gasteiger partial charge in [0.1, 0.15) is 0 Å². The van der Waals surface area contributed by atoms with Crippen LogP contribution in [0.25, 0.3) is 10.9 Å². The van der Waals surface area contributed by atoms with Crippen molar-refractivity contribution in [3.05, 3.63) is 33.6 Å². The molecule has 0 bridgehead atoms. The molecule has 0 radical (unpaired) electrons. The highest BCUT2D eigenvalue weighted by atomic mass is 35.5. The van der Waals surface area contributed by atoms with Crippen molar-refractivity contribution in [3.8, 4) is 0 Å². The number of amides is 3. The van der Waals surface area contributed by atoms with E-state index in [0.29, 0.717) is 21.1 Å². The second kappa shape index (κ2) is 8.53. The molecule has 2 N–H and O–H groups in total. The molecule has 0 fully saturated rings. The average Bonchev–Trinajstić information content (AvgIpc) is 2.51. The summed E-state index contributed by atoms with van der Waals surface area (Å²) < 4.78 is 1.54. The number of hydrogen-bond acceptors (Lipinski definition) is 5. The normalized spacial score (nSPS) is 12.9. The zero-order valence-corrected chi connectivity index (χ0v) is 18.4. The van der Waals surface area contributed by atoms with Crippen LogP contribution in [0.3, 0.4) is 0 Å². The molecule has 1 aromatic carbocycles. The maximum Gasteiger partial charge on any atom is 0.321 e. The summed E-state index contributed by atoms with van der Waals surface area (Å²) in [4.78, 5) is 41.8. The van der Waals surface area contributed by atoms with Gasteiger partial charge in [0.25, 0.3) is 5.56 Å². The van der Waals surface area contributed by atoms with Crippen molar-refractivity contribution in [2.45, 2.75) is 63.5 Å². The third kappa shape index (κ3) is 5.48. The fourth-order valence-electron chi connectivity index (χ4n) is 2.49. The number of aromatic nitrogens is 2. The summed E-state index contributed by atoms with van der Waals surface area (Å²) in [5.74, 6) is -0.470. The first-order valence-electron chi connectivity index (χ1n) is 8.90. The van der Waals surface area contributed by atoms with E-state index in [2.05, 4.69) is 15.6 Å². The number of rotatable bonds is 4. The summed E-state index contributed by atoms with van der Waals surface area (Å²) in [5, 5.41) is 5.69. The highest BCUT2D eigenvalue weighted by Crippen LogP contribution is 2.26. The van der Waals surface area contributed by atoms with Gasteiger partial charge in [-0.3, -0.25) is 19.5 Å². The van der Waals surface area contributed by atoms with E-state index in [-0.39, 0.29) is 11.6 Å². The first kappa shape index (κ1) is 22.2. The Morgan fingerprint density at radius 3 is 2.43 bits per heavy atom. The zero-order chi connectivity index (χ0) is 21.2. The Kier molecular flexibility index (Phi) is 6.77. The molecular weight excluding hydrogens is 400 g/mol. The quantitative estimate of drug-likeness (QED) is 0.576. The molecule has 0 aliphatic heterocycles. The van der Waals surface area contributed by atoms with E-state index < -0.39 is 22.7 Å². The van der Waals surface area contributed by atoms with Crippen molar-refractivity contribution in [2.75, 3.05) is 0 Å². The Bertz CT molecular complexity index is 966. The molecule has 2 rings (SSSR count). The SMILES string of the molecule is CC(C)n1c(S[C@H](C)C(=O)NC(=O)NC(C)(C)C)nc2cc(Cl)ccc2c1=O. The Morgan fingerprint density at radius 1 is 1.21 bits per heavy atom. The molecule has 1 aromatic heterocycles. The van der Waals surface area contributed by atoms with E-state index in [9.17, 15) is 14.4 Å². The van der Waals surface area contributed by atoms with Gasteiger partial charge in [-0.15, -0.1) is 0 Å². The largest absolute Gasteiger partial charge is 0.333 e. The second-order valence-electron chi connectivity index (χ2n) is 7.78. The third-order valence-corrected chi connectivity index (χ3v) is 5.03. The maximum atomic E-state index is 12.9. The van der Waals surface area contributed by atoms with Gasteiger partial charge >= 0.3 is 6.03 Å². The number of carbonyl (C=O) groups is 2. The fraction of sp³-hybridized carbons (Fsp3) is 0.474. The van der Waals surface area contributed by atoms with Gasteiger partial charge in [0.15, 0.2) is 5.16 Å². The van der Waals surface area contributed by atoms with E-state index >= 15 is 0 Å². The van der Waals surface area contributed by atoms with E-state index in [1.807, 2.05) is 34.6 Å². The molecule has 0 aliphatic carbocycles. The molecule has 3 amide bonds.